The number of nitrogens with one attached hydrogen (secondary N) is 3. The molecule has 0 fully saturated rings. The van der Waals surface area contributed by atoms with Crippen molar-refractivity contribution in [2.24, 2.45) is 0 Å². The van der Waals surface area contributed by atoms with Gasteiger partial charge in [0.1, 0.15) is 6.04 Å². The molecule has 0 aliphatic carbocycles. The molecule has 5 nitrogen and oxygen atoms in total. The van der Waals surface area contributed by atoms with Gasteiger partial charge >= 0.3 is 6.03 Å². The third kappa shape index (κ3) is 6.24. The summed E-state index contributed by atoms with van der Waals surface area (Å²) >= 11 is 1.67. The number of hydrogen-bond donors (Lipinski definition) is 3. The molecule has 1 aromatic heterocycles. The molecule has 0 spiro atoms. The lowest BCUT2D eigenvalue weighted by Crippen LogP contribution is -2.48. The number of thiophene rings is 1. The van der Waals surface area contributed by atoms with Gasteiger partial charge in [-0.3, -0.25) is 4.79 Å². The predicted molar refractivity (Wildman–Crippen MR) is 77.3 cm³/mol. The van der Waals surface area contributed by atoms with Crippen LogP contribution in [0.5, 0.6) is 0 Å². The molecule has 19 heavy (non-hydrogen) atoms. The van der Waals surface area contributed by atoms with Crippen molar-refractivity contribution in [2.45, 2.75) is 32.7 Å². The van der Waals surface area contributed by atoms with Crippen LogP contribution in [-0.2, 0) is 11.2 Å². The number of carbonyl (C=O) groups excluding carboxylic acids is 2. The first-order valence-corrected chi connectivity index (χ1v) is 7.36. The molecule has 0 bridgehead atoms. The average molecular weight is 283 g/mol. The van der Waals surface area contributed by atoms with Gasteiger partial charge in [0.15, 0.2) is 0 Å². The van der Waals surface area contributed by atoms with Crippen molar-refractivity contribution in [3.8, 4) is 0 Å². The smallest absolute Gasteiger partial charge is 0.315 e. The highest BCUT2D eigenvalue weighted by Gasteiger charge is 2.14. The molecule has 0 aliphatic rings. The summed E-state index contributed by atoms with van der Waals surface area (Å²) in [4.78, 5) is 24.3. The minimum Gasteiger partial charge on any atom is -0.354 e. The highest BCUT2D eigenvalue weighted by molar-refractivity contribution is 7.09. The van der Waals surface area contributed by atoms with E-state index in [1.165, 1.54) is 4.88 Å². The first-order valence-electron chi connectivity index (χ1n) is 6.48. The molecule has 1 heterocycles. The van der Waals surface area contributed by atoms with Crippen molar-refractivity contribution < 1.29 is 9.59 Å². The Hall–Kier alpha value is -1.56. The van der Waals surface area contributed by atoms with Crippen LogP contribution in [0.1, 0.15) is 25.1 Å². The summed E-state index contributed by atoms with van der Waals surface area (Å²) in [6.07, 6.45) is 1.69. The Balaban J connectivity index is 2.17. The Bertz CT molecular complexity index is 393. The van der Waals surface area contributed by atoms with Gasteiger partial charge in [0, 0.05) is 18.0 Å². The first kappa shape index (κ1) is 15.5. The molecule has 3 amide bonds. The van der Waals surface area contributed by atoms with Crippen LogP contribution in [-0.4, -0.2) is 31.1 Å². The van der Waals surface area contributed by atoms with E-state index in [4.69, 9.17) is 0 Å². The third-order valence-corrected chi connectivity index (χ3v) is 3.46. The van der Waals surface area contributed by atoms with Crippen molar-refractivity contribution >= 4 is 23.3 Å². The van der Waals surface area contributed by atoms with E-state index in [1.54, 1.807) is 18.3 Å². The molecule has 0 saturated carbocycles. The first-order chi connectivity index (χ1) is 9.13. The monoisotopic (exact) mass is 283 g/mol. The van der Waals surface area contributed by atoms with E-state index < -0.39 is 6.04 Å². The largest absolute Gasteiger partial charge is 0.354 e. The second kappa shape index (κ2) is 8.53. The Morgan fingerprint density at radius 3 is 2.74 bits per heavy atom. The molecule has 0 aliphatic heterocycles. The number of carbonyl (C=O) groups is 2. The van der Waals surface area contributed by atoms with Crippen molar-refractivity contribution in [1.82, 2.24) is 16.0 Å². The Kier molecular flexibility index (Phi) is 6.95. The number of amides is 3. The average Bonchev–Trinajstić information content (AvgIpc) is 2.88. The molecular weight excluding hydrogens is 262 g/mol. The predicted octanol–water partition coefficient (Wildman–Crippen LogP) is 1.50. The number of urea groups is 1. The second-order valence-corrected chi connectivity index (χ2v) is 5.27. The van der Waals surface area contributed by atoms with Crippen molar-refractivity contribution in [3.05, 3.63) is 22.4 Å². The van der Waals surface area contributed by atoms with Gasteiger partial charge in [-0.25, -0.2) is 4.79 Å². The van der Waals surface area contributed by atoms with Crippen molar-refractivity contribution in [2.75, 3.05) is 13.1 Å². The van der Waals surface area contributed by atoms with E-state index in [9.17, 15) is 9.59 Å². The van der Waals surface area contributed by atoms with Gasteiger partial charge in [-0.05, 0) is 31.2 Å². The molecule has 1 aromatic rings. The van der Waals surface area contributed by atoms with Gasteiger partial charge < -0.3 is 16.0 Å². The fraction of sp³-hybridized carbons (Fsp3) is 0.538. The minimum atomic E-state index is -0.520. The van der Waals surface area contributed by atoms with Crippen LogP contribution in [0.4, 0.5) is 4.79 Å². The normalized spacial score (nSPS) is 11.7. The van der Waals surface area contributed by atoms with Crippen LogP contribution in [0.2, 0.25) is 0 Å². The standard InChI is InChI=1S/C13H21N3O2S/c1-3-7-14-12(17)10(2)16-13(18)15-8-6-11-5-4-9-19-11/h4-5,9-10H,3,6-8H2,1-2H3,(H,14,17)(H2,15,16,18)/t10-/m1/s1. The van der Waals surface area contributed by atoms with Gasteiger partial charge in [0.25, 0.3) is 0 Å². The summed E-state index contributed by atoms with van der Waals surface area (Å²) in [6, 6.07) is 3.19. The maximum atomic E-state index is 11.6. The second-order valence-electron chi connectivity index (χ2n) is 4.24. The maximum absolute atomic E-state index is 11.6. The van der Waals surface area contributed by atoms with E-state index in [0.29, 0.717) is 13.1 Å². The van der Waals surface area contributed by atoms with E-state index in [2.05, 4.69) is 16.0 Å². The topological polar surface area (TPSA) is 70.2 Å². The summed E-state index contributed by atoms with van der Waals surface area (Å²) < 4.78 is 0. The quantitative estimate of drug-likeness (QED) is 0.710. The summed E-state index contributed by atoms with van der Waals surface area (Å²) in [6.45, 7) is 4.85. The van der Waals surface area contributed by atoms with E-state index in [0.717, 1.165) is 12.8 Å². The summed E-state index contributed by atoms with van der Waals surface area (Å²) in [7, 11) is 0. The number of rotatable bonds is 7. The molecule has 1 rings (SSSR count). The molecule has 0 saturated heterocycles. The van der Waals surface area contributed by atoms with Gasteiger partial charge in [-0.1, -0.05) is 13.0 Å². The highest BCUT2D eigenvalue weighted by Crippen LogP contribution is 2.07. The fourth-order valence-electron chi connectivity index (χ4n) is 1.47. The summed E-state index contributed by atoms with van der Waals surface area (Å²) in [5.74, 6) is -0.157. The van der Waals surface area contributed by atoms with Crippen LogP contribution in [0.25, 0.3) is 0 Å². The zero-order chi connectivity index (χ0) is 14.1. The van der Waals surface area contributed by atoms with E-state index in [-0.39, 0.29) is 11.9 Å². The Morgan fingerprint density at radius 2 is 2.11 bits per heavy atom. The van der Waals surface area contributed by atoms with Gasteiger partial charge in [0.05, 0.1) is 0 Å². The zero-order valence-corrected chi connectivity index (χ0v) is 12.2. The molecular formula is C13H21N3O2S. The highest BCUT2D eigenvalue weighted by atomic mass is 32.1. The van der Waals surface area contributed by atoms with Gasteiger partial charge in [-0.15, -0.1) is 11.3 Å². The van der Waals surface area contributed by atoms with Crippen molar-refractivity contribution in [3.63, 3.8) is 0 Å². The lowest BCUT2D eigenvalue weighted by atomic mass is 10.3. The fourth-order valence-corrected chi connectivity index (χ4v) is 2.18. The third-order valence-electron chi connectivity index (χ3n) is 2.53. The molecule has 6 heteroatoms. The molecule has 106 valence electrons. The van der Waals surface area contributed by atoms with Crippen LogP contribution in [0, 0.1) is 0 Å². The zero-order valence-electron chi connectivity index (χ0n) is 11.4. The molecule has 0 aromatic carbocycles. The van der Waals surface area contributed by atoms with Crippen LogP contribution >= 0.6 is 11.3 Å². The summed E-state index contributed by atoms with van der Waals surface area (Å²) in [5.41, 5.74) is 0. The molecule has 0 radical (unpaired) electrons. The van der Waals surface area contributed by atoms with Crippen LogP contribution < -0.4 is 16.0 Å². The van der Waals surface area contributed by atoms with Crippen LogP contribution in [0.3, 0.4) is 0 Å². The van der Waals surface area contributed by atoms with Crippen LogP contribution in [0.15, 0.2) is 17.5 Å². The van der Waals surface area contributed by atoms with Gasteiger partial charge in [0.2, 0.25) is 5.91 Å². The molecule has 0 unspecified atom stereocenters. The van der Waals surface area contributed by atoms with Gasteiger partial charge in [-0.2, -0.15) is 0 Å². The van der Waals surface area contributed by atoms with E-state index >= 15 is 0 Å². The Morgan fingerprint density at radius 1 is 1.32 bits per heavy atom. The van der Waals surface area contributed by atoms with Crippen molar-refractivity contribution in [1.29, 1.82) is 0 Å². The van der Waals surface area contributed by atoms with E-state index in [1.807, 2.05) is 24.4 Å². The SMILES string of the molecule is CCCNC(=O)[C@@H](C)NC(=O)NCCc1cccs1. The molecule has 3 N–H and O–H groups in total. The summed E-state index contributed by atoms with van der Waals surface area (Å²) in [5, 5.41) is 10.1. The lowest BCUT2D eigenvalue weighted by Gasteiger charge is -2.14. The lowest BCUT2D eigenvalue weighted by molar-refractivity contribution is -0.122. The maximum Gasteiger partial charge on any atom is 0.315 e. The molecule has 1 atom stereocenters. The Labute approximate surface area is 117 Å². The minimum absolute atomic E-state index is 0.157. The number of hydrogen-bond acceptors (Lipinski definition) is 3.